The highest BCUT2D eigenvalue weighted by Gasteiger charge is 2.32. The molecular formula is C14H23N3O2. The first kappa shape index (κ1) is 13.9. The monoisotopic (exact) mass is 265 g/mol. The van der Waals surface area contributed by atoms with Gasteiger partial charge in [0.2, 0.25) is 5.88 Å². The van der Waals surface area contributed by atoms with Gasteiger partial charge in [0.1, 0.15) is 5.82 Å². The number of nitrogen functional groups attached to an aromatic ring is 1. The molecule has 1 atom stereocenters. The number of anilines is 2. The maximum absolute atomic E-state index is 5.90. The Morgan fingerprint density at radius 1 is 1.53 bits per heavy atom. The smallest absolute Gasteiger partial charge is 0.239 e. The molecule has 2 N–H and O–H groups in total. The molecule has 1 saturated heterocycles. The van der Waals surface area contributed by atoms with Crippen LogP contribution in [0.1, 0.15) is 27.7 Å². The van der Waals surface area contributed by atoms with Crippen LogP contribution in [0.4, 0.5) is 11.5 Å². The van der Waals surface area contributed by atoms with E-state index in [1.165, 1.54) is 0 Å². The van der Waals surface area contributed by atoms with Crippen molar-refractivity contribution in [2.75, 3.05) is 30.3 Å². The van der Waals surface area contributed by atoms with Crippen molar-refractivity contribution in [3.8, 4) is 5.88 Å². The molecule has 5 nitrogen and oxygen atoms in total. The van der Waals surface area contributed by atoms with Gasteiger partial charge in [-0.15, -0.1) is 0 Å². The first-order valence-electron chi connectivity index (χ1n) is 6.73. The second-order valence-corrected chi connectivity index (χ2v) is 5.57. The van der Waals surface area contributed by atoms with Crippen LogP contribution in [0.15, 0.2) is 12.1 Å². The van der Waals surface area contributed by atoms with Crippen molar-refractivity contribution in [1.29, 1.82) is 0 Å². The largest absolute Gasteiger partial charge is 0.476 e. The van der Waals surface area contributed by atoms with E-state index in [-0.39, 0.29) is 11.7 Å². The van der Waals surface area contributed by atoms with Gasteiger partial charge in [-0.2, -0.15) is 4.98 Å². The molecule has 5 heteroatoms. The van der Waals surface area contributed by atoms with Crippen LogP contribution in [0.5, 0.6) is 5.88 Å². The lowest BCUT2D eigenvalue weighted by molar-refractivity contribution is -0.0751. The maximum Gasteiger partial charge on any atom is 0.239 e. The standard InChI is InChI=1S/C14H23N3O2/c1-5-18-13-11(15)6-7-12(16-13)17-8-10(2)19-14(3,4)9-17/h6-7,10H,5,8-9,15H2,1-4H3. The Hall–Kier alpha value is -1.49. The van der Waals surface area contributed by atoms with Crippen molar-refractivity contribution in [3.05, 3.63) is 12.1 Å². The number of pyridine rings is 1. The van der Waals surface area contributed by atoms with E-state index in [1.807, 2.05) is 19.1 Å². The fourth-order valence-electron chi connectivity index (χ4n) is 2.50. The van der Waals surface area contributed by atoms with E-state index >= 15 is 0 Å². The summed E-state index contributed by atoms with van der Waals surface area (Å²) in [6, 6.07) is 3.78. The molecule has 1 fully saturated rings. The Balaban J connectivity index is 2.23. The summed E-state index contributed by atoms with van der Waals surface area (Å²) in [5.74, 6) is 1.40. The minimum Gasteiger partial charge on any atom is -0.476 e. The van der Waals surface area contributed by atoms with Crippen LogP contribution >= 0.6 is 0 Å². The van der Waals surface area contributed by atoms with E-state index in [4.69, 9.17) is 15.2 Å². The van der Waals surface area contributed by atoms with E-state index < -0.39 is 0 Å². The summed E-state index contributed by atoms with van der Waals surface area (Å²) < 4.78 is 11.4. The van der Waals surface area contributed by atoms with Crippen molar-refractivity contribution in [1.82, 2.24) is 4.98 Å². The molecule has 1 aliphatic rings. The normalized spacial score (nSPS) is 22.3. The van der Waals surface area contributed by atoms with Crippen LogP contribution in [-0.4, -0.2) is 36.4 Å². The van der Waals surface area contributed by atoms with Crippen molar-refractivity contribution < 1.29 is 9.47 Å². The van der Waals surface area contributed by atoms with Crippen molar-refractivity contribution in [2.45, 2.75) is 39.4 Å². The van der Waals surface area contributed by atoms with Crippen molar-refractivity contribution in [3.63, 3.8) is 0 Å². The van der Waals surface area contributed by atoms with E-state index in [9.17, 15) is 0 Å². The molecule has 1 unspecified atom stereocenters. The maximum atomic E-state index is 5.90. The molecule has 1 aromatic rings. The van der Waals surface area contributed by atoms with Crippen LogP contribution < -0.4 is 15.4 Å². The Morgan fingerprint density at radius 2 is 2.26 bits per heavy atom. The summed E-state index contributed by atoms with van der Waals surface area (Å²) >= 11 is 0. The predicted molar refractivity (Wildman–Crippen MR) is 76.7 cm³/mol. The Morgan fingerprint density at radius 3 is 2.89 bits per heavy atom. The molecule has 2 heterocycles. The van der Waals surface area contributed by atoms with Gasteiger partial charge in [0.25, 0.3) is 0 Å². The summed E-state index contributed by atoms with van der Waals surface area (Å²) in [5.41, 5.74) is 6.26. The molecule has 106 valence electrons. The molecule has 0 aromatic carbocycles. The second-order valence-electron chi connectivity index (χ2n) is 5.57. The number of hydrogen-bond donors (Lipinski definition) is 1. The zero-order valence-electron chi connectivity index (χ0n) is 12.1. The van der Waals surface area contributed by atoms with Crippen molar-refractivity contribution in [2.24, 2.45) is 0 Å². The lowest BCUT2D eigenvalue weighted by atomic mass is 10.1. The molecule has 0 bridgehead atoms. The zero-order chi connectivity index (χ0) is 14.0. The first-order valence-corrected chi connectivity index (χ1v) is 6.73. The van der Waals surface area contributed by atoms with Gasteiger partial charge in [-0.05, 0) is 39.8 Å². The second kappa shape index (κ2) is 5.25. The van der Waals surface area contributed by atoms with Gasteiger partial charge in [0.05, 0.1) is 24.0 Å². The van der Waals surface area contributed by atoms with E-state index in [0.29, 0.717) is 18.2 Å². The average Bonchev–Trinajstić information content (AvgIpc) is 2.29. The predicted octanol–water partition coefficient (Wildman–Crippen LogP) is 2.07. The highest BCUT2D eigenvalue weighted by Crippen LogP contribution is 2.28. The third-order valence-electron chi connectivity index (χ3n) is 3.05. The third-order valence-corrected chi connectivity index (χ3v) is 3.05. The average molecular weight is 265 g/mol. The molecule has 2 rings (SSSR count). The Kier molecular flexibility index (Phi) is 3.85. The van der Waals surface area contributed by atoms with Crippen LogP contribution in [0.3, 0.4) is 0 Å². The van der Waals surface area contributed by atoms with E-state index in [0.717, 1.165) is 18.9 Å². The summed E-state index contributed by atoms with van der Waals surface area (Å²) in [6.07, 6.45) is 0.179. The topological polar surface area (TPSA) is 60.6 Å². The van der Waals surface area contributed by atoms with Gasteiger partial charge in [-0.3, -0.25) is 0 Å². The zero-order valence-corrected chi connectivity index (χ0v) is 12.1. The number of aromatic nitrogens is 1. The number of nitrogens with two attached hydrogens (primary N) is 1. The van der Waals surface area contributed by atoms with Crippen LogP contribution in [0.2, 0.25) is 0 Å². The van der Waals surface area contributed by atoms with Gasteiger partial charge in [0, 0.05) is 13.1 Å². The molecule has 0 amide bonds. The fourth-order valence-corrected chi connectivity index (χ4v) is 2.50. The van der Waals surface area contributed by atoms with Gasteiger partial charge in [-0.1, -0.05) is 0 Å². The van der Waals surface area contributed by atoms with Gasteiger partial charge in [0.15, 0.2) is 0 Å². The fraction of sp³-hybridized carbons (Fsp3) is 0.643. The van der Waals surface area contributed by atoms with Crippen LogP contribution in [0, 0.1) is 0 Å². The van der Waals surface area contributed by atoms with E-state index in [2.05, 4.69) is 30.7 Å². The molecular weight excluding hydrogens is 242 g/mol. The lowest BCUT2D eigenvalue weighted by Gasteiger charge is -2.42. The number of nitrogens with zero attached hydrogens (tertiary/aromatic N) is 2. The Bertz CT molecular complexity index is 448. The SMILES string of the molecule is CCOc1nc(N2CC(C)OC(C)(C)C2)ccc1N. The number of hydrogen-bond acceptors (Lipinski definition) is 5. The molecule has 0 spiro atoms. The van der Waals surface area contributed by atoms with Gasteiger partial charge in [-0.25, -0.2) is 0 Å². The summed E-state index contributed by atoms with van der Waals surface area (Å²) in [5, 5.41) is 0. The van der Waals surface area contributed by atoms with Crippen LogP contribution in [0.25, 0.3) is 0 Å². The highest BCUT2D eigenvalue weighted by atomic mass is 16.5. The quantitative estimate of drug-likeness (QED) is 0.906. The summed E-state index contributed by atoms with van der Waals surface area (Å²) in [6.45, 7) is 10.4. The van der Waals surface area contributed by atoms with Gasteiger partial charge >= 0.3 is 0 Å². The summed E-state index contributed by atoms with van der Waals surface area (Å²) in [7, 11) is 0. The summed E-state index contributed by atoms with van der Waals surface area (Å²) in [4.78, 5) is 6.73. The van der Waals surface area contributed by atoms with E-state index in [1.54, 1.807) is 0 Å². The minimum atomic E-state index is -0.174. The molecule has 0 saturated carbocycles. The molecule has 0 aliphatic carbocycles. The van der Waals surface area contributed by atoms with Crippen LogP contribution in [-0.2, 0) is 4.74 Å². The molecule has 0 radical (unpaired) electrons. The minimum absolute atomic E-state index is 0.174. The third kappa shape index (κ3) is 3.29. The molecule has 1 aromatic heterocycles. The van der Waals surface area contributed by atoms with Crippen molar-refractivity contribution >= 4 is 11.5 Å². The molecule has 19 heavy (non-hydrogen) atoms. The lowest BCUT2D eigenvalue weighted by Crippen LogP contribution is -2.52. The molecule has 1 aliphatic heterocycles. The Labute approximate surface area is 114 Å². The number of morpholine rings is 1. The van der Waals surface area contributed by atoms with Gasteiger partial charge < -0.3 is 20.1 Å². The highest BCUT2D eigenvalue weighted by molar-refractivity contribution is 5.55. The number of rotatable bonds is 3. The first-order chi connectivity index (χ1) is 8.91. The number of ether oxygens (including phenoxy) is 2.